The first kappa shape index (κ1) is 9.96. The summed E-state index contributed by atoms with van der Waals surface area (Å²) in [6.07, 6.45) is 0. The second kappa shape index (κ2) is 3.73. The van der Waals surface area contributed by atoms with Crippen LogP contribution in [0.25, 0.3) is 0 Å². The fourth-order valence-corrected chi connectivity index (χ4v) is 1.26. The van der Waals surface area contributed by atoms with E-state index in [-0.39, 0.29) is 11.6 Å². The van der Waals surface area contributed by atoms with E-state index in [1.165, 1.54) is 0 Å². The molecule has 0 aromatic heterocycles. The molecule has 0 aliphatic carbocycles. The zero-order chi connectivity index (χ0) is 9.19. The first-order valence-electron chi connectivity index (χ1n) is 4.57. The zero-order valence-corrected chi connectivity index (χ0v) is 8.26. The minimum Gasteiger partial charge on any atom is -0.379 e. The number of hydrogen-bond donors (Lipinski definition) is 2. The second-order valence-electron chi connectivity index (χ2n) is 4.59. The molecule has 1 rings (SSSR count). The SMILES string of the molecule is CC(C)(C)NCC1COCC1N. The molecule has 2 unspecified atom stereocenters. The lowest BCUT2D eigenvalue weighted by molar-refractivity contribution is 0.182. The molecule has 3 N–H and O–H groups in total. The monoisotopic (exact) mass is 172 g/mol. The molecule has 0 radical (unpaired) electrons. The number of ether oxygens (including phenoxy) is 1. The van der Waals surface area contributed by atoms with Crippen LogP contribution in [0.4, 0.5) is 0 Å². The Morgan fingerprint density at radius 2 is 2.08 bits per heavy atom. The van der Waals surface area contributed by atoms with Gasteiger partial charge in [0.05, 0.1) is 13.2 Å². The lowest BCUT2D eigenvalue weighted by atomic mass is 10.0. The van der Waals surface area contributed by atoms with Gasteiger partial charge in [-0.25, -0.2) is 0 Å². The molecule has 1 heterocycles. The minimum absolute atomic E-state index is 0.183. The third-order valence-corrected chi connectivity index (χ3v) is 2.14. The Morgan fingerprint density at radius 3 is 2.50 bits per heavy atom. The van der Waals surface area contributed by atoms with Gasteiger partial charge in [0, 0.05) is 24.0 Å². The van der Waals surface area contributed by atoms with Crippen LogP contribution in [0, 0.1) is 5.92 Å². The summed E-state index contributed by atoms with van der Waals surface area (Å²) < 4.78 is 5.27. The fourth-order valence-electron chi connectivity index (χ4n) is 1.26. The molecule has 12 heavy (non-hydrogen) atoms. The molecule has 72 valence electrons. The first-order valence-corrected chi connectivity index (χ1v) is 4.57. The fraction of sp³-hybridized carbons (Fsp3) is 1.00. The van der Waals surface area contributed by atoms with Crippen molar-refractivity contribution in [3.05, 3.63) is 0 Å². The quantitative estimate of drug-likeness (QED) is 0.632. The van der Waals surface area contributed by atoms with Crippen molar-refractivity contribution < 1.29 is 4.74 Å². The Labute approximate surface area is 74.7 Å². The maximum absolute atomic E-state index is 5.84. The largest absolute Gasteiger partial charge is 0.379 e. The molecule has 0 saturated carbocycles. The van der Waals surface area contributed by atoms with E-state index in [2.05, 4.69) is 26.1 Å². The molecule has 3 heteroatoms. The minimum atomic E-state index is 0.183. The highest BCUT2D eigenvalue weighted by Crippen LogP contribution is 2.11. The summed E-state index contributed by atoms with van der Waals surface area (Å²) in [5.74, 6) is 0.490. The predicted octanol–water partition coefficient (Wildman–Crippen LogP) is 0.348. The van der Waals surface area contributed by atoms with Crippen LogP contribution in [0.2, 0.25) is 0 Å². The van der Waals surface area contributed by atoms with Crippen molar-refractivity contribution in [1.82, 2.24) is 5.32 Å². The molecular weight excluding hydrogens is 152 g/mol. The van der Waals surface area contributed by atoms with E-state index in [4.69, 9.17) is 10.5 Å². The maximum atomic E-state index is 5.84. The molecule has 0 aromatic rings. The molecule has 0 spiro atoms. The highest BCUT2D eigenvalue weighted by Gasteiger charge is 2.25. The van der Waals surface area contributed by atoms with Gasteiger partial charge in [0.25, 0.3) is 0 Å². The number of hydrogen-bond acceptors (Lipinski definition) is 3. The highest BCUT2D eigenvalue weighted by atomic mass is 16.5. The van der Waals surface area contributed by atoms with Gasteiger partial charge in [-0.15, -0.1) is 0 Å². The summed E-state index contributed by atoms with van der Waals surface area (Å²) in [6, 6.07) is 0.222. The average molecular weight is 172 g/mol. The first-order chi connectivity index (χ1) is 5.49. The normalized spacial score (nSPS) is 31.0. The Hall–Kier alpha value is -0.120. The smallest absolute Gasteiger partial charge is 0.0621 e. The molecule has 0 amide bonds. The molecule has 1 aliphatic rings. The van der Waals surface area contributed by atoms with Crippen molar-refractivity contribution in [2.24, 2.45) is 11.7 Å². The van der Waals surface area contributed by atoms with Crippen LogP contribution in [0.1, 0.15) is 20.8 Å². The maximum Gasteiger partial charge on any atom is 0.0621 e. The summed E-state index contributed by atoms with van der Waals surface area (Å²) in [7, 11) is 0. The Balaban J connectivity index is 2.23. The van der Waals surface area contributed by atoms with Crippen molar-refractivity contribution in [3.63, 3.8) is 0 Å². The van der Waals surface area contributed by atoms with Crippen LogP contribution in [-0.4, -0.2) is 31.3 Å². The molecular formula is C9H20N2O. The lowest BCUT2D eigenvalue weighted by Crippen LogP contribution is -2.43. The van der Waals surface area contributed by atoms with Crippen molar-refractivity contribution in [2.75, 3.05) is 19.8 Å². The summed E-state index contributed by atoms with van der Waals surface area (Å²) in [4.78, 5) is 0. The van der Waals surface area contributed by atoms with Crippen LogP contribution in [0.15, 0.2) is 0 Å². The third-order valence-electron chi connectivity index (χ3n) is 2.14. The van der Waals surface area contributed by atoms with E-state index in [9.17, 15) is 0 Å². The van der Waals surface area contributed by atoms with E-state index >= 15 is 0 Å². The van der Waals surface area contributed by atoms with Gasteiger partial charge in [-0.1, -0.05) is 0 Å². The van der Waals surface area contributed by atoms with Gasteiger partial charge >= 0.3 is 0 Å². The van der Waals surface area contributed by atoms with E-state index < -0.39 is 0 Å². The van der Waals surface area contributed by atoms with Gasteiger partial charge < -0.3 is 15.8 Å². The average Bonchev–Trinajstić information content (AvgIpc) is 2.29. The standard InChI is InChI=1S/C9H20N2O/c1-9(2,3)11-4-7-5-12-6-8(7)10/h7-8,11H,4-6,10H2,1-3H3. The van der Waals surface area contributed by atoms with Crippen molar-refractivity contribution in [1.29, 1.82) is 0 Å². The lowest BCUT2D eigenvalue weighted by Gasteiger charge is -2.24. The molecule has 1 fully saturated rings. The van der Waals surface area contributed by atoms with Gasteiger partial charge in [-0.2, -0.15) is 0 Å². The zero-order valence-electron chi connectivity index (χ0n) is 8.26. The van der Waals surface area contributed by atoms with Crippen molar-refractivity contribution >= 4 is 0 Å². The van der Waals surface area contributed by atoms with Gasteiger partial charge in [-0.05, 0) is 20.8 Å². The summed E-state index contributed by atoms with van der Waals surface area (Å²) in [6.45, 7) is 8.97. The third kappa shape index (κ3) is 3.09. The molecule has 0 aromatic carbocycles. The van der Waals surface area contributed by atoms with Crippen molar-refractivity contribution in [3.8, 4) is 0 Å². The molecule has 1 aliphatic heterocycles. The van der Waals surface area contributed by atoms with E-state index in [0.717, 1.165) is 19.8 Å². The van der Waals surface area contributed by atoms with Gasteiger partial charge in [0.1, 0.15) is 0 Å². The Bertz CT molecular complexity index is 142. The number of rotatable bonds is 2. The van der Waals surface area contributed by atoms with E-state index in [1.807, 2.05) is 0 Å². The van der Waals surface area contributed by atoms with Crippen LogP contribution in [0.3, 0.4) is 0 Å². The number of nitrogens with two attached hydrogens (primary N) is 1. The van der Waals surface area contributed by atoms with E-state index in [1.54, 1.807) is 0 Å². The summed E-state index contributed by atoms with van der Waals surface area (Å²) in [5.41, 5.74) is 6.03. The molecule has 0 bridgehead atoms. The molecule has 1 saturated heterocycles. The van der Waals surface area contributed by atoms with Crippen LogP contribution in [0.5, 0.6) is 0 Å². The van der Waals surface area contributed by atoms with E-state index in [0.29, 0.717) is 5.92 Å². The molecule has 2 atom stereocenters. The van der Waals surface area contributed by atoms with Crippen LogP contribution < -0.4 is 11.1 Å². The van der Waals surface area contributed by atoms with Crippen LogP contribution in [-0.2, 0) is 4.74 Å². The Morgan fingerprint density at radius 1 is 1.42 bits per heavy atom. The molecule has 3 nitrogen and oxygen atoms in total. The van der Waals surface area contributed by atoms with Gasteiger partial charge in [0.2, 0.25) is 0 Å². The summed E-state index contributed by atoms with van der Waals surface area (Å²) in [5, 5.41) is 3.43. The van der Waals surface area contributed by atoms with Gasteiger partial charge in [-0.3, -0.25) is 0 Å². The Kier molecular flexibility index (Phi) is 3.09. The van der Waals surface area contributed by atoms with Gasteiger partial charge in [0.15, 0.2) is 0 Å². The summed E-state index contributed by atoms with van der Waals surface area (Å²) >= 11 is 0. The second-order valence-corrected chi connectivity index (χ2v) is 4.59. The number of nitrogens with one attached hydrogen (secondary N) is 1. The topological polar surface area (TPSA) is 47.3 Å². The van der Waals surface area contributed by atoms with Crippen molar-refractivity contribution in [2.45, 2.75) is 32.4 Å². The van der Waals surface area contributed by atoms with Crippen LogP contribution >= 0.6 is 0 Å². The predicted molar refractivity (Wildman–Crippen MR) is 50.0 cm³/mol. The highest BCUT2D eigenvalue weighted by molar-refractivity contribution is 4.82.